The minimum Gasteiger partial charge on any atom is -0.384 e. The Hall–Kier alpha value is -1.93. The predicted molar refractivity (Wildman–Crippen MR) is 86.4 cm³/mol. The zero-order valence-electron chi connectivity index (χ0n) is 12.9. The molecule has 23 heavy (non-hydrogen) atoms. The van der Waals surface area contributed by atoms with Gasteiger partial charge in [-0.1, -0.05) is 0 Å². The minimum atomic E-state index is -1.00. The number of thiazole rings is 1. The first-order valence-corrected chi connectivity index (χ1v) is 8.60. The van der Waals surface area contributed by atoms with Crippen molar-refractivity contribution in [2.45, 2.75) is 25.9 Å². The summed E-state index contributed by atoms with van der Waals surface area (Å²) in [4.78, 5) is 31.0. The Balaban J connectivity index is 1.63. The lowest BCUT2D eigenvalue weighted by atomic mass is 9.97. The molecule has 0 aliphatic carbocycles. The van der Waals surface area contributed by atoms with E-state index in [0.717, 1.165) is 24.3 Å². The Morgan fingerprint density at radius 1 is 1.57 bits per heavy atom. The zero-order valence-corrected chi connectivity index (χ0v) is 13.8. The molecule has 124 valence electrons. The SMILES string of the molecule is CC(O)C(=O)NC[C@H]1CCCN(C(=O)c2csc3nccn23)C1. The Labute approximate surface area is 137 Å². The maximum atomic E-state index is 12.7. The molecule has 0 spiro atoms. The van der Waals surface area contributed by atoms with Gasteiger partial charge in [0, 0.05) is 37.4 Å². The number of carbonyl (C=O) groups excluding carboxylic acids is 2. The zero-order chi connectivity index (χ0) is 16.4. The lowest BCUT2D eigenvalue weighted by Crippen LogP contribution is -2.45. The molecule has 2 aromatic rings. The number of likely N-dealkylation sites (tertiary alicyclic amines) is 1. The molecule has 2 amide bonds. The van der Waals surface area contributed by atoms with Crippen molar-refractivity contribution in [3.63, 3.8) is 0 Å². The normalized spacial score (nSPS) is 19.7. The molecule has 0 bridgehead atoms. The van der Waals surface area contributed by atoms with Gasteiger partial charge in [-0.2, -0.15) is 0 Å². The Morgan fingerprint density at radius 3 is 3.17 bits per heavy atom. The quantitative estimate of drug-likeness (QED) is 0.862. The summed E-state index contributed by atoms with van der Waals surface area (Å²) in [6.45, 7) is 3.27. The van der Waals surface area contributed by atoms with Crippen LogP contribution in [0.4, 0.5) is 0 Å². The van der Waals surface area contributed by atoms with Crippen LogP contribution in [-0.4, -0.2) is 56.9 Å². The number of fused-ring (bicyclic) bond motifs is 1. The van der Waals surface area contributed by atoms with Crippen LogP contribution in [0.15, 0.2) is 17.8 Å². The van der Waals surface area contributed by atoms with Crippen molar-refractivity contribution in [1.29, 1.82) is 0 Å². The molecule has 1 aliphatic heterocycles. The molecule has 2 N–H and O–H groups in total. The van der Waals surface area contributed by atoms with Crippen LogP contribution < -0.4 is 5.32 Å². The molecule has 0 aromatic carbocycles. The first kappa shape index (κ1) is 15.9. The number of amides is 2. The highest BCUT2D eigenvalue weighted by atomic mass is 32.1. The second kappa shape index (κ2) is 6.67. The number of carbonyl (C=O) groups is 2. The molecular weight excluding hydrogens is 316 g/mol. The van der Waals surface area contributed by atoms with E-state index in [0.29, 0.717) is 18.8 Å². The predicted octanol–water partition coefficient (Wildman–Crippen LogP) is 0.745. The number of nitrogens with zero attached hydrogens (tertiary/aromatic N) is 3. The summed E-state index contributed by atoms with van der Waals surface area (Å²) < 4.78 is 1.81. The van der Waals surface area contributed by atoms with Crippen LogP contribution in [0.25, 0.3) is 4.96 Å². The Kier molecular flexibility index (Phi) is 4.63. The van der Waals surface area contributed by atoms with Crippen molar-refractivity contribution in [2.75, 3.05) is 19.6 Å². The summed E-state index contributed by atoms with van der Waals surface area (Å²) in [5.41, 5.74) is 0.635. The highest BCUT2D eigenvalue weighted by molar-refractivity contribution is 7.15. The molecule has 3 rings (SSSR count). The lowest BCUT2D eigenvalue weighted by Gasteiger charge is -2.32. The van der Waals surface area contributed by atoms with Crippen LogP contribution in [0.1, 0.15) is 30.3 Å². The number of aliphatic hydroxyl groups excluding tert-OH is 1. The number of imidazole rings is 1. The van der Waals surface area contributed by atoms with Gasteiger partial charge in [0.1, 0.15) is 11.8 Å². The molecule has 1 aliphatic rings. The third kappa shape index (κ3) is 3.37. The van der Waals surface area contributed by atoms with Crippen LogP contribution in [0, 0.1) is 5.92 Å². The molecule has 0 radical (unpaired) electrons. The average Bonchev–Trinajstić information content (AvgIpc) is 3.15. The van der Waals surface area contributed by atoms with Crippen LogP contribution in [0.5, 0.6) is 0 Å². The Bertz CT molecular complexity index is 708. The summed E-state index contributed by atoms with van der Waals surface area (Å²) in [7, 11) is 0. The second-order valence-electron chi connectivity index (χ2n) is 5.88. The van der Waals surface area contributed by atoms with Gasteiger partial charge < -0.3 is 15.3 Å². The van der Waals surface area contributed by atoms with Crippen molar-refractivity contribution in [2.24, 2.45) is 5.92 Å². The standard InChI is InChI=1S/C15H20N4O3S/c1-10(20)13(21)17-7-11-3-2-5-18(8-11)14(22)12-9-23-15-16-4-6-19(12)15/h4,6,9-11,20H,2-3,5,7-8H2,1H3,(H,17,21)/t10?,11-/m1/s1. The summed E-state index contributed by atoms with van der Waals surface area (Å²) in [6.07, 6.45) is 4.36. The number of piperidine rings is 1. The summed E-state index contributed by atoms with van der Waals surface area (Å²) in [6, 6.07) is 0. The molecule has 1 unspecified atom stereocenters. The highest BCUT2D eigenvalue weighted by Crippen LogP contribution is 2.21. The molecule has 0 saturated carbocycles. The van der Waals surface area contributed by atoms with Gasteiger partial charge in [0.15, 0.2) is 4.96 Å². The summed E-state index contributed by atoms with van der Waals surface area (Å²) in [5.74, 6) is -0.153. The fourth-order valence-electron chi connectivity index (χ4n) is 2.85. The number of aromatic nitrogens is 2. The van der Waals surface area contributed by atoms with Gasteiger partial charge in [-0.25, -0.2) is 4.98 Å². The van der Waals surface area contributed by atoms with Gasteiger partial charge in [0.05, 0.1) is 0 Å². The highest BCUT2D eigenvalue weighted by Gasteiger charge is 2.26. The van der Waals surface area contributed by atoms with E-state index in [2.05, 4.69) is 10.3 Å². The smallest absolute Gasteiger partial charge is 0.271 e. The van der Waals surface area contributed by atoms with Gasteiger partial charge in [0.25, 0.3) is 5.91 Å². The fraction of sp³-hybridized carbons (Fsp3) is 0.533. The number of nitrogens with one attached hydrogen (secondary N) is 1. The molecular formula is C15H20N4O3S. The van der Waals surface area contributed by atoms with E-state index in [4.69, 9.17) is 0 Å². The lowest BCUT2D eigenvalue weighted by molar-refractivity contribution is -0.128. The number of hydrogen-bond donors (Lipinski definition) is 2. The van der Waals surface area contributed by atoms with Gasteiger partial charge >= 0.3 is 0 Å². The molecule has 7 nitrogen and oxygen atoms in total. The summed E-state index contributed by atoms with van der Waals surface area (Å²) in [5, 5.41) is 13.8. The van der Waals surface area contributed by atoms with Crippen molar-refractivity contribution < 1.29 is 14.7 Å². The number of aliphatic hydroxyl groups is 1. The largest absolute Gasteiger partial charge is 0.384 e. The van der Waals surface area contributed by atoms with Crippen molar-refractivity contribution >= 4 is 28.1 Å². The van der Waals surface area contributed by atoms with E-state index in [1.165, 1.54) is 18.3 Å². The third-order valence-electron chi connectivity index (χ3n) is 4.11. The fourth-order valence-corrected chi connectivity index (χ4v) is 3.68. The maximum Gasteiger partial charge on any atom is 0.271 e. The topological polar surface area (TPSA) is 86.9 Å². The minimum absolute atomic E-state index is 0.000743. The van der Waals surface area contributed by atoms with Crippen LogP contribution in [-0.2, 0) is 4.79 Å². The monoisotopic (exact) mass is 336 g/mol. The molecule has 2 atom stereocenters. The van der Waals surface area contributed by atoms with E-state index < -0.39 is 6.10 Å². The van der Waals surface area contributed by atoms with Crippen LogP contribution >= 0.6 is 11.3 Å². The Morgan fingerprint density at radius 2 is 2.39 bits per heavy atom. The summed E-state index contributed by atoms with van der Waals surface area (Å²) >= 11 is 1.45. The van der Waals surface area contributed by atoms with Gasteiger partial charge in [-0.15, -0.1) is 11.3 Å². The molecule has 1 saturated heterocycles. The molecule has 1 fully saturated rings. The van der Waals surface area contributed by atoms with E-state index in [1.54, 1.807) is 12.4 Å². The van der Waals surface area contributed by atoms with E-state index in [-0.39, 0.29) is 17.7 Å². The van der Waals surface area contributed by atoms with Gasteiger partial charge in [0.2, 0.25) is 5.91 Å². The maximum absolute atomic E-state index is 12.7. The van der Waals surface area contributed by atoms with Gasteiger partial charge in [-0.3, -0.25) is 14.0 Å². The van der Waals surface area contributed by atoms with Crippen molar-refractivity contribution in [1.82, 2.24) is 19.6 Å². The van der Waals surface area contributed by atoms with Crippen LogP contribution in [0.2, 0.25) is 0 Å². The molecule has 2 aromatic heterocycles. The third-order valence-corrected chi connectivity index (χ3v) is 4.97. The van der Waals surface area contributed by atoms with E-state index in [9.17, 15) is 14.7 Å². The molecule has 3 heterocycles. The second-order valence-corrected chi connectivity index (χ2v) is 6.72. The van der Waals surface area contributed by atoms with Crippen LogP contribution in [0.3, 0.4) is 0 Å². The van der Waals surface area contributed by atoms with Crippen molar-refractivity contribution in [3.8, 4) is 0 Å². The van der Waals surface area contributed by atoms with E-state index in [1.807, 2.05) is 14.7 Å². The first-order chi connectivity index (χ1) is 11.1. The number of rotatable bonds is 4. The average molecular weight is 336 g/mol. The van der Waals surface area contributed by atoms with E-state index >= 15 is 0 Å². The van der Waals surface area contributed by atoms with Crippen molar-refractivity contribution in [3.05, 3.63) is 23.5 Å². The molecule has 8 heteroatoms. The van der Waals surface area contributed by atoms with Gasteiger partial charge in [-0.05, 0) is 25.7 Å². The first-order valence-electron chi connectivity index (χ1n) is 7.72. The number of hydrogen-bond acceptors (Lipinski definition) is 5.